The molecular formula is C12H18FN3. The lowest BCUT2D eigenvalue weighted by atomic mass is 10.2. The third kappa shape index (κ3) is 2.44. The molecule has 0 amide bonds. The van der Waals surface area contributed by atoms with Crippen LogP contribution in [0.3, 0.4) is 0 Å². The van der Waals surface area contributed by atoms with E-state index in [-0.39, 0.29) is 5.82 Å². The van der Waals surface area contributed by atoms with Crippen LogP contribution in [0.25, 0.3) is 0 Å². The molecule has 0 aromatic heterocycles. The van der Waals surface area contributed by atoms with Crippen LogP contribution >= 0.6 is 0 Å². The first-order chi connectivity index (χ1) is 7.66. The number of hydrogen-bond acceptors (Lipinski definition) is 3. The Morgan fingerprint density at radius 2 is 2.00 bits per heavy atom. The highest BCUT2D eigenvalue weighted by molar-refractivity contribution is 5.54. The van der Waals surface area contributed by atoms with Gasteiger partial charge in [-0.05, 0) is 38.2 Å². The van der Waals surface area contributed by atoms with Gasteiger partial charge in [-0.25, -0.2) is 4.39 Å². The Bertz CT molecular complexity index is 367. The molecule has 16 heavy (non-hydrogen) atoms. The average molecular weight is 223 g/mol. The SMILES string of the molecule is CN1CCCN(c2ccc(N)cc2F)CC1. The number of likely N-dealkylation sites (N-methyl/N-ethyl adjacent to an activating group) is 1. The Labute approximate surface area is 95.6 Å². The Hall–Kier alpha value is -1.29. The largest absolute Gasteiger partial charge is 0.399 e. The van der Waals surface area contributed by atoms with Crippen LogP contribution in [0.5, 0.6) is 0 Å². The fraction of sp³-hybridized carbons (Fsp3) is 0.500. The lowest BCUT2D eigenvalue weighted by Gasteiger charge is -2.23. The monoisotopic (exact) mass is 223 g/mol. The fourth-order valence-corrected chi connectivity index (χ4v) is 2.07. The Morgan fingerprint density at radius 3 is 2.75 bits per heavy atom. The highest BCUT2D eigenvalue weighted by Crippen LogP contribution is 2.22. The van der Waals surface area contributed by atoms with E-state index >= 15 is 0 Å². The van der Waals surface area contributed by atoms with Crippen LogP contribution in [0.4, 0.5) is 15.8 Å². The molecule has 2 N–H and O–H groups in total. The zero-order chi connectivity index (χ0) is 11.5. The quantitative estimate of drug-likeness (QED) is 0.733. The van der Waals surface area contributed by atoms with Gasteiger partial charge < -0.3 is 15.5 Å². The van der Waals surface area contributed by atoms with Gasteiger partial charge in [0.15, 0.2) is 0 Å². The van der Waals surface area contributed by atoms with Crippen LogP contribution in [-0.4, -0.2) is 38.1 Å². The molecular weight excluding hydrogens is 205 g/mol. The smallest absolute Gasteiger partial charge is 0.148 e. The van der Waals surface area contributed by atoms with Gasteiger partial charge in [-0.15, -0.1) is 0 Å². The summed E-state index contributed by atoms with van der Waals surface area (Å²) in [6, 6.07) is 4.92. The van der Waals surface area contributed by atoms with Crippen molar-refractivity contribution in [1.29, 1.82) is 0 Å². The molecule has 88 valence electrons. The molecule has 1 aliphatic rings. The summed E-state index contributed by atoms with van der Waals surface area (Å²) in [6.07, 6.45) is 1.07. The minimum Gasteiger partial charge on any atom is -0.399 e. The van der Waals surface area contributed by atoms with Crippen molar-refractivity contribution >= 4 is 11.4 Å². The Morgan fingerprint density at radius 1 is 1.19 bits per heavy atom. The number of hydrogen-bond donors (Lipinski definition) is 1. The van der Waals surface area contributed by atoms with Crippen molar-refractivity contribution in [3.8, 4) is 0 Å². The van der Waals surface area contributed by atoms with Gasteiger partial charge in [-0.3, -0.25) is 0 Å². The minimum atomic E-state index is -0.218. The van der Waals surface area contributed by atoms with E-state index in [4.69, 9.17) is 5.73 Å². The molecule has 2 rings (SSSR count). The van der Waals surface area contributed by atoms with Crippen LogP contribution in [0, 0.1) is 5.82 Å². The van der Waals surface area contributed by atoms with Crippen LogP contribution in [-0.2, 0) is 0 Å². The predicted octanol–water partition coefficient (Wildman–Crippen LogP) is 1.55. The van der Waals surface area contributed by atoms with Crippen molar-refractivity contribution in [2.75, 3.05) is 43.9 Å². The second kappa shape index (κ2) is 4.70. The average Bonchev–Trinajstić information content (AvgIpc) is 2.43. The third-order valence-corrected chi connectivity index (χ3v) is 3.03. The number of halogens is 1. The maximum absolute atomic E-state index is 13.7. The molecule has 0 atom stereocenters. The van der Waals surface area contributed by atoms with E-state index in [1.807, 2.05) is 0 Å². The van der Waals surface area contributed by atoms with Crippen LogP contribution in [0.1, 0.15) is 6.42 Å². The van der Waals surface area contributed by atoms with E-state index in [1.165, 1.54) is 6.07 Å². The van der Waals surface area contributed by atoms with Crippen LogP contribution in [0.2, 0.25) is 0 Å². The van der Waals surface area contributed by atoms with Crippen molar-refractivity contribution in [3.63, 3.8) is 0 Å². The molecule has 4 heteroatoms. The summed E-state index contributed by atoms with van der Waals surface area (Å²) in [5, 5.41) is 0. The van der Waals surface area contributed by atoms with E-state index in [1.54, 1.807) is 12.1 Å². The summed E-state index contributed by atoms with van der Waals surface area (Å²) in [5.41, 5.74) is 6.69. The van der Waals surface area contributed by atoms with E-state index in [2.05, 4.69) is 16.8 Å². The van der Waals surface area contributed by atoms with Crippen molar-refractivity contribution in [2.45, 2.75) is 6.42 Å². The molecule has 1 aromatic carbocycles. The zero-order valence-electron chi connectivity index (χ0n) is 9.62. The first-order valence-corrected chi connectivity index (χ1v) is 5.65. The summed E-state index contributed by atoms with van der Waals surface area (Å²) in [5.74, 6) is -0.218. The molecule has 3 nitrogen and oxygen atoms in total. The van der Waals surface area contributed by atoms with E-state index in [0.717, 1.165) is 32.6 Å². The fourth-order valence-electron chi connectivity index (χ4n) is 2.07. The van der Waals surface area contributed by atoms with E-state index in [0.29, 0.717) is 11.4 Å². The minimum absolute atomic E-state index is 0.218. The number of rotatable bonds is 1. The van der Waals surface area contributed by atoms with Crippen molar-refractivity contribution in [1.82, 2.24) is 4.90 Å². The molecule has 1 fully saturated rings. The zero-order valence-corrected chi connectivity index (χ0v) is 9.62. The molecule has 0 spiro atoms. The summed E-state index contributed by atoms with van der Waals surface area (Å²) >= 11 is 0. The Kier molecular flexibility index (Phi) is 3.29. The van der Waals surface area contributed by atoms with Crippen molar-refractivity contribution < 1.29 is 4.39 Å². The molecule has 0 saturated carbocycles. The number of nitrogens with zero attached hydrogens (tertiary/aromatic N) is 2. The molecule has 0 aliphatic carbocycles. The maximum atomic E-state index is 13.7. The van der Waals surface area contributed by atoms with E-state index in [9.17, 15) is 4.39 Å². The molecule has 1 aromatic rings. The van der Waals surface area contributed by atoms with Crippen molar-refractivity contribution in [2.24, 2.45) is 0 Å². The number of nitrogens with two attached hydrogens (primary N) is 1. The van der Waals surface area contributed by atoms with Crippen LogP contribution < -0.4 is 10.6 Å². The third-order valence-electron chi connectivity index (χ3n) is 3.03. The maximum Gasteiger partial charge on any atom is 0.148 e. The Balaban J connectivity index is 2.16. The van der Waals surface area contributed by atoms with Gasteiger partial charge in [0.1, 0.15) is 5.82 Å². The number of nitrogen functional groups attached to an aromatic ring is 1. The lowest BCUT2D eigenvalue weighted by molar-refractivity contribution is 0.360. The van der Waals surface area contributed by atoms with Gasteiger partial charge in [0, 0.05) is 25.3 Å². The van der Waals surface area contributed by atoms with Gasteiger partial charge in [0.25, 0.3) is 0 Å². The second-order valence-electron chi connectivity index (χ2n) is 4.35. The molecule has 0 bridgehead atoms. The normalized spacial score (nSPS) is 18.5. The standard InChI is InChI=1S/C12H18FN3/c1-15-5-2-6-16(8-7-15)12-4-3-10(14)9-11(12)13/h3-4,9H,2,5-8,14H2,1H3. The highest BCUT2D eigenvalue weighted by Gasteiger charge is 2.15. The predicted molar refractivity (Wildman–Crippen MR) is 65.1 cm³/mol. The van der Waals surface area contributed by atoms with E-state index < -0.39 is 0 Å². The molecule has 1 saturated heterocycles. The summed E-state index contributed by atoms with van der Waals surface area (Å²) in [4.78, 5) is 4.37. The summed E-state index contributed by atoms with van der Waals surface area (Å²) < 4.78 is 13.7. The first-order valence-electron chi connectivity index (χ1n) is 5.65. The number of anilines is 2. The van der Waals surface area contributed by atoms with Gasteiger partial charge in [-0.1, -0.05) is 0 Å². The summed E-state index contributed by atoms with van der Waals surface area (Å²) in [7, 11) is 2.10. The summed E-state index contributed by atoms with van der Waals surface area (Å²) in [6.45, 7) is 3.83. The molecule has 1 aliphatic heterocycles. The highest BCUT2D eigenvalue weighted by atomic mass is 19.1. The molecule has 0 radical (unpaired) electrons. The number of benzene rings is 1. The first kappa shape index (κ1) is 11.2. The van der Waals surface area contributed by atoms with Gasteiger partial charge in [-0.2, -0.15) is 0 Å². The molecule has 0 unspecified atom stereocenters. The van der Waals surface area contributed by atoms with Gasteiger partial charge >= 0.3 is 0 Å². The second-order valence-corrected chi connectivity index (χ2v) is 4.35. The van der Waals surface area contributed by atoms with Gasteiger partial charge in [0.2, 0.25) is 0 Å². The topological polar surface area (TPSA) is 32.5 Å². The molecule has 1 heterocycles. The lowest BCUT2D eigenvalue weighted by Crippen LogP contribution is -2.29. The van der Waals surface area contributed by atoms with Gasteiger partial charge in [0.05, 0.1) is 5.69 Å². The van der Waals surface area contributed by atoms with Crippen molar-refractivity contribution in [3.05, 3.63) is 24.0 Å². The van der Waals surface area contributed by atoms with Crippen LogP contribution in [0.15, 0.2) is 18.2 Å².